The van der Waals surface area contributed by atoms with Crippen molar-refractivity contribution in [2.24, 2.45) is 5.73 Å². The third-order valence-corrected chi connectivity index (χ3v) is 2.94. The van der Waals surface area contributed by atoms with E-state index in [0.29, 0.717) is 13.1 Å². The van der Waals surface area contributed by atoms with Gasteiger partial charge in [0.25, 0.3) is 0 Å². The molecule has 13 heavy (non-hydrogen) atoms. The van der Waals surface area contributed by atoms with Crippen molar-refractivity contribution in [1.29, 1.82) is 0 Å². The summed E-state index contributed by atoms with van der Waals surface area (Å²) in [5.74, 6) is 0. The average Bonchev–Trinajstić information content (AvgIpc) is 2.11. The zero-order valence-corrected chi connectivity index (χ0v) is 8.44. The molecule has 0 spiro atoms. The van der Waals surface area contributed by atoms with Gasteiger partial charge in [-0.25, -0.2) is 13.1 Å². The van der Waals surface area contributed by atoms with Gasteiger partial charge in [-0.15, -0.1) is 0 Å². The van der Waals surface area contributed by atoms with Crippen LogP contribution in [0.2, 0.25) is 0 Å². The first-order chi connectivity index (χ1) is 6.04. The van der Waals surface area contributed by atoms with E-state index in [4.69, 9.17) is 5.73 Å². The molecule has 0 aromatic heterocycles. The first-order valence-corrected chi connectivity index (χ1v) is 5.54. The summed E-state index contributed by atoms with van der Waals surface area (Å²) in [6.45, 7) is 7.65. The van der Waals surface area contributed by atoms with Gasteiger partial charge in [-0.05, 0) is 25.5 Å². The second-order valence-corrected chi connectivity index (χ2v) is 4.38. The Morgan fingerprint density at radius 1 is 1.46 bits per heavy atom. The normalized spacial score (nSPS) is 11.2. The highest BCUT2D eigenvalue weighted by Crippen LogP contribution is 2.01. The largest absolute Gasteiger partial charge is 0.330 e. The molecule has 76 valence electrons. The topological polar surface area (TPSA) is 72.2 Å². The lowest BCUT2D eigenvalue weighted by Gasteiger charge is -2.04. The monoisotopic (exact) mass is 204 g/mol. The molecule has 0 heterocycles. The molecule has 0 aliphatic heterocycles. The minimum atomic E-state index is -3.39. The van der Waals surface area contributed by atoms with E-state index in [9.17, 15) is 8.42 Å². The third kappa shape index (κ3) is 4.82. The second-order valence-electron chi connectivity index (χ2n) is 2.56. The van der Waals surface area contributed by atoms with Gasteiger partial charge in [0.1, 0.15) is 0 Å². The summed E-state index contributed by atoms with van der Waals surface area (Å²) in [7, 11) is -3.39. The molecule has 0 aromatic rings. The van der Waals surface area contributed by atoms with Gasteiger partial charge in [-0.1, -0.05) is 13.2 Å². The van der Waals surface area contributed by atoms with Crippen molar-refractivity contribution in [2.45, 2.75) is 12.8 Å². The Hall–Kier alpha value is -0.650. The van der Waals surface area contributed by atoms with Crippen LogP contribution in [0.3, 0.4) is 0 Å². The standard InChI is InChI=1S/C8H16N2O2S/c1-3-8(2)13(11,12)10-7-5-4-6-9/h3,10H,1-2,4-7,9H2. The van der Waals surface area contributed by atoms with E-state index in [1.54, 1.807) is 0 Å². The number of allylic oxidation sites excluding steroid dienone is 1. The average molecular weight is 204 g/mol. The van der Waals surface area contributed by atoms with E-state index >= 15 is 0 Å². The number of hydrogen-bond acceptors (Lipinski definition) is 3. The Kier molecular flexibility index (Phi) is 5.61. The van der Waals surface area contributed by atoms with Crippen LogP contribution in [0.1, 0.15) is 12.8 Å². The fourth-order valence-corrected chi connectivity index (χ4v) is 1.50. The van der Waals surface area contributed by atoms with Crippen LogP contribution in [0.4, 0.5) is 0 Å². The molecular weight excluding hydrogens is 188 g/mol. The number of sulfonamides is 1. The molecule has 0 saturated carbocycles. The molecule has 0 fully saturated rings. The van der Waals surface area contributed by atoms with Crippen molar-refractivity contribution < 1.29 is 8.42 Å². The molecule has 0 unspecified atom stereocenters. The van der Waals surface area contributed by atoms with Gasteiger partial charge in [-0.3, -0.25) is 0 Å². The molecule has 0 aromatic carbocycles. The van der Waals surface area contributed by atoms with E-state index in [1.165, 1.54) is 6.08 Å². The zero-order chi connectivity index (χ0) is 10.3. The van der Waals surface area contributed by atoms with E-state index in [1.807, 2.05) is 0 Å². The fraction of sp³-hybridized carbons (Fsp3) is 0.500. The fourth-order valence-electron chi connectivity index (χ4n) is 0.678. The van der Waals surface area contributed by atoms with Crippen LogP contribution in [0, 0.1) is 0 Å². The number of nitrogens with one attached hydrogen (secondary N) is 1. The highest BCUT2D eigenvalue weighted by Gasteiger charge is 2.10. The van der Waals surface area contributed by atoms with Crippen LogP contribution in [0.15, 0.2) is 24.1 Å². The summed E-state index contributed by atoms with van der Waals surface area (Å²) in [4.78, 5) is 0.000230. The quantitative estimate of drug-likeness (QED) is 0.464. The van der Waals surface area contributed by atoms with E-state index in [-0.39, 0.29) is 4.91 Å². The van der Waals surface area contributed by atoms with Gasteiger partial charge in [0.05, 0.1) is 4.91 Å². The summed E-state index contributed by atoms with van der Waals surface area (Å²) >= 11 is 0. The van der Waals surface area contributed by atoms with Gasteiger partial charge < -0.3 is 5.73 Å². The van der Waals surface area contributed by atoms with Crippen molar-refractivity contribution in [1.82, 2.24) is 4.72 Å². The number of rotatable bonds is 7. The summed E-state index contributed by atoms with van der Waals surface area (Å²) in [5.41, 5.74) is 5.25. The van der Waals surface area contributed by atoms with Crippen LogP contribution in [0.5, 0.6) is 0 Å². The molecule has 0 atom stereocenters. The van der Waals surface area contributed by atoms with Crippen LogP contribution in [-0.4, -0.2) is 21.5 Å². The van der Waals surface area contributed by atoms with Crippen LogP contribution < -0.4 is 10.5 Å². The van der Waals surface area contributed by atoms with Gasteiger partial charge in [-0.2, -0.15) is 0 Å². The maximum absolute atomic E-state index is 11.2. The predicted octanol–water partition coefficient (Wildman–Crippen LogP) is 0.344. The lowest BCUT2D eigenvalue weighted by atomic mass is 10.3. The first-order valence-electron chi connectivity index (χ1n) is 4.05. The third-order valence-electron chi connectivity index (χ3n) is 1.50. The van der Waals surface area contributed by atoms with Gasteiger partial charge in [0, 0.05) is 6.54 Å². The van der Waals surface area contributed by atoms with Crippen molar-refractivity contribution in [3.8, 4) is 0 Å². The maximum Gasteiger partial charge on any atom is 0.239 e. The summed E-state index contributed by atoms with van der Waals surface area (Å²) in [5, 5.41) is 0. The first kappa shape index (κ1) is 12.3. The van der Waals surface area contributed by atoms with Crippen LogP contribution in [0.25, 0.3) is 0 Å². The minimum Gasteiger partial charge on any atom is -0.330 e. The van der Waals surface area contributed by atoms with Crippen molar-refractivity contribution >= 4 is 10.0 Å². The molecule has 0 aliphatic carbocycles. The second kappa shape index (κ2) is 5.90. The molecule has 0 aliphatic rings. The molecule has 0 amide bonds. The molecule has 0 rings (SSSR count). The summed E-state index contributed by atoms with van der Waals surface area (Å²) < 4.78 is 24.8. The van der Waals surface area contributed by atoms with E-state index in [2.05, 4.69) is 17.9 Å². The molecule has 3 N–H and O–H groups in total. The summed E-state index contributed by atoms with van der Waals surface area (Å²) in [6.07, 6.45) is 2.76. The highest BCUT2D eigenvalue weighted by atomic mass is 32.2. The number of hydrogen-bond donors (Lipinski definition) is 2. The Morgan fingerprint density at radius 2 is 2.08 bits per heavy atom. The Labute approximate surface area is 79.6 Å². The highest BCUT2D eigenvalue weighted by molar-refractivity contribution is 7.93. The Morgan fingerprint density at radius 3 is 2.54 bits per heavy atom. The Balaban J connectivity index is 3.91. The molecule has 0 saturated heterocycles. The van der Waals surface area contributed by atoms with Crippen molar-refractivity contribution in [3.05, 3.63) is 24.1 Å². The maximum atomic E-state index is 11.2. The van der Waals surface area contributed by atoms with Crippen LogP contribution in [-0.2, 0) is 10.0 Å². The van der Waals surface area contributed by atoms with Gasteiger partial charge >= 0.3 is 0 Å². The van der Waals surface area contributed by atoms with Crippen molar-refractivity contribution in [3.63, 3.8) is 0 Å². The predicted molar refractivity (Wildman–Crippen MR) is 54.5 cm³/mol. The SMILES string of the molecule is C=CC(=C)S(=O)(=O)NCCCCN. The van der Waals surface area contributed by atoms with E-state index in [0.717, 1.165) is 12.8 Å². The lowest BCUT2D eigenvalue weighted by Crippen LogP contribution is -2.25. The minimum absolute atomic E-state index is 0.000230. The van der Waals surface area contributed by atoms with Gasteiger partial charge in [0.15, 0.2) is 0 Å². The summed E-state index contributed by atoms with van der Waals surface area (Å²) in [6, 6.07) is 0. The smallest absolute Gasteiger partial charge is 0.239 e. The molecule has 0 bridgehead atoms. The van der Waals surface area contributed by atoms with E-state index < -0.39 is 10.0 Å². The van der Waals surface area contributed by atoms with Crippen LogP contribution >= 0.6 is 0 Å². The number of unbranched alkanes of at least 4 members (excludes halogenated alkanes) is 1. The molecule has 5 heteroatoms. The molecule has 4 nitrogen and oxygen atoms in total. The molecular formula is C8H16N2O2S. The Bertz CT molecular complexity index is 270. The zero-order valence-electron chi connectivity index (χ0n) is 7.62. The van der Waals surface area contributed by atoms with Crippen molar-refractivity contribution in [2.75, 3.05) is 13.1 Å². The van der Waals surface area contributed by atoms with Gasteiger partial charge in [0.2, 0.25) is 10.0 Å². The molecule has 0 radical (unpaired) electrons. The number of nitrogens with two attached hydrogens (primary N) is 1. The lowest BCUT2D eigenvalue weighted by molar-refractivity contribution is 0.584.